The fourth-order valence-electron chi connectivity index (χ4n) is 4.10. The van der Waals surface area contributed by atoms with Crippen molar-refractivity contribution in [3.05, 3.63) is 53.2 Å². The molecule has 0 heterocycles. The number of hydrogen-bond donors (Lipinski definition) is 1. The maximum absolute atomic E-state index is 7.88. The molecule has 2 aromatic carbocycles. The minimum Gasteiger partial charge on any atom is -0.0561 e. The van der Waals surface area contributed by atoms with Gasteiger partial charge in [0.1, 0.15) is 29.5 Å². The zero-order chi connectivity index (χ0) is 33.6. The SMILES string of the molecule is COc1ccc(OC)c(N(N=N)/C(C)=C/c2cc(OCCOCCOCCOCCOCCOCCO[Te])cc(C(C)(C)C)c2)c1. The van der Waals surface area contributed by atoms with E-state index in [0.29, 0.717) is 96.5 Å². The molecule has 0 aliphatic heterocycles. The Morgan fingerprint density at radius 3 is 1.76 bits per heavy atom. The van der Waals surface area contributed by atoms with Gasteiger partial charge in [-0.2, -0.15) is 5.53 Å². The van der Waals surface area contributed by atoms with E-state index in [4.69, 9.17) is 46.5 Å². The zero-order valence-corrected chi connectivity index (χ0v) is 30.3. The molecule has 13 heteroatoms. The Bertz CT molecular complexity index is 1180. The van der Waals surface area contributed by atoms with E-state index in [1.165, 1.54) is 5.01 Å². The summed E-state index contributed by atoms with van der Waals surface area (Å²) < 4.78 is 49.4. The molecule has 0 aliphatic rings. The second-order valence-corrected chi connectivity index (χ2v) is 11.7. The maximum atomic E-state index is 7.88. The Morgan fingerprint density at radius 1 is 0.739 bits per heavy atom. The summed E-state index contributed by atoms with van der Waals surface area (Å²) in [5.74, 6) is 1.95. The molecule has 0 bridgehead atoms. The summed E-state index contributed by atoms with van der Waals surface area (Å²) in [6.07, 6.45) is 1.96. The van der Waals surface area contributed by atoms with Crippen LogP contribution in [-0.2, 0) is 32.2 Å². The third-order valence-electron chi connectivity index (χ3n) is 6.51. The first kappa shape index (κ1) is 39.7. The second-order valence-electron chi connectivity index (χ2n) is 11.0. The summed E-state index contributed by atoms with van der Waals surface area (Å²) in [5.41, 5.74) is 11.1. The van der Waals surface area contributed by atoms with Crippen LogP contribution in [0.15, 0.2) is 47.3 Å². The average Bonchev–Trinajstić information content (AvgIpc) is 3.04. The number of methoxy groups -OCH3 is 2. The first-order valence-corrected chi connectivity index (χ1v) is 16.2. The Balaban J connectivity index is 1.79. The van der Waals surface area contributed by atoms with E-state index in [2.05, 4.69) is 38.1 Å². The van der Waals surface area contributed by atoms with Crippen LogP contribution in [0, 0.1) is 5.53 Å². The topological polar surface area (TPSA) is 123 Å². The number of nitrogens with one attached hydrogen (secondary N) is 1. The van der Waals surface area contributed by atoms with Crippen molar-refractivity contribution >= 4 is 34.5 Å². The normalized spacial score (nSPS) is 11.8. The molecule has 0 aliphatic carbocycles. The van der Waals surface area contributed by atoms with Crippen molar-refractivity contribution < 1.29 is 41.0 Å². The van der Waals surface area contributed by atoms with Crippen LogP contribution >= 0.6 is 0 Å². The Hall–Kier alpha value is -2.47. The van der Waals surface area contributed by atoms with Crippen LogP contribution in [0.5, 0.6) is 17.2 Å². The molecule has 2 rings (SSSR count). The summed E-state index contributed by atoms with van der Waals surface area (Å²) in [7, 11) is 3.18. The van der Waals surface area contributed by atoms with Crippen LogP contribution in [0.2, 0.25) is 0 Å². The minimum atomic E-state index is -0.102. The van der Waals surface area contributed by atoms with Gasteiger partial charge in [0.2, 0.25) is 0 Å². The fraction of sp³-hybridized carbons (Fsp3) is 0.576. The Kier molecular flexibility index (Phi) is 19.8. The van der Waals surface area contributed by atoms with Crippen molar-refractivity contribution in [1.29, 1.82) is 5.53 Å². The van der Waals surface area contributed by atoms with Gasteiger partial charge in [0.15, 0.2) is 0 Å². The molecular formula is C33H50N3O9Te. The van der Waals surface area contributed by atoms with Gasteiger partial charge in [-0.15, -0.1) is 0 Å². The van der Waals surface area contributed by atoms with Crippen molar-refractivity contribution in [2.24, 2.45) is 5.22 Å². The van der Waals surface area contributed by atoms with E-state index in [-0.39, 0.29) is 5.41 Å². The summed E-state index contributed by atoms with van der Waals surface area (Å²) in [5, 5.41) is 5.27. The fourth-order valence-corrected chi connectivity index (χ4v) is 4.30. The number of hydrogen-bond acceptors (Lipinski definition) is 11. The largest absolute Gasteiger partial charge is 0.0561 e. The molecule has 0 unspecified atom stereocenters. The van der Waals surface area contributed by atoms with Crippen LogP contribution in [0.1, 0.15) is 38.8 Å². The molecule has 2 aromatic rings. The summed E-state index contributed by atoms with van der Waals surface area (Å²) in [6, 6.07) is 11.5. The molecular weight excluding hydrogens is 710 g/mol. The molecule has 46 heavy (non-hydrogen) atoms. The summed E-state index contributed by atoms with van der Waals surface area (Å²) in [4.78, 5) is 0. The van der Waals surface area contributed by atoms with Crippen molar-refractivity contribution in [2.75, 3.05) is 98.5 Å². The third-order valence-corrected chi connectivity index (χ3v) is 6.99. The maximum Gasteiger partial charge on any atom is 0.00974 e. The van der Waals surface area contributed by atoms with Crippen LogP contribution < -0.4 is 19.2 Å². The van der Waals surface area contributed by atoms with Crippen molar-refractivity contribution in [3.63, 3.8) is 0 Å². The standard InChI is InChI=1S/C33H50N3O9Te/c1-26(36(35-34)31-25-29(37-5)7-8-32(31)38-6)21-27-22-28(33(2,3)4)24-30(23-27)44-19-17-42-15-13-40-11-9-39-10-12-41-14-16-43-18-20-45-46/h7-8,21-25,34H,9-20H2,1-6H3/b26-21+,35-34?. The number of anilines is 1. The van der Waals surface area contributed by atoms with Gasteiger partial charge < -0.3 is 23.7 Å². The third kappa shape index (κ3) is 15.4. The Labute approximate surface area is 287 Å². The summed E-state index contributed by atoms with van der Waals surface area (Å²) in [6.45, 7) is 14.4. The van der Waals surface area contributed by atoms with E-state index in [1.54, 1.807) is 55.1 Å². The predicted octanol–water partition coefficient (Wildman–Crippen LogP) is 5.38. The molecule has 0 fully saturated rings. The van der Waals surface area contributed by atoms with E-state index in [1.807, 2.05) is 19.1 Å². The summed E-state index contributed by atoms with van der Waals surface area (Å²) >= 11 is 1.58. The van der Waals surface area contributed by atoms with Gasteiger partial charge in [0, 0.05) is 11.8 Å². The van der Waals surface area contributed by atoms with Crippen LogP contribution in [0.3, 0.4) is 0 Å². The van der Waals surface area contributed by atoms with Gasteiger partial charge >= 0.3 is 92.9 Å². The molecule has 257 valence electrons. The predicted molar refractivity (Wildman–Crippen MR) is 177 cm³/mol. The van der Waals surface area contributed by atoms with Gasteiger partial charge in [0.05, 0.1) is 34.0 Å². The number of allylic oxidation sites excluding steroid dienone is 1. The molecule has 1 N–H and O–H groups in total. The van der Waals surface area contributed by atoms with E-state index < -0.39 is 0 Å². The number of ether oxygens (including phenoxy) is 8. The quantitative estimate of drug-likeness (QED) is 0.0612. The van der Waals surface area contributed by atoms with Crippen molar-refractivity contribution in [2.45, 2.75) is 33.1 Å². The number of rotatable bonds is 25. The molecule has 0 saturated heterocycles. The minimum absolute atomic E-state index is 0.102. The zero-order valence-electron chi connectivity index (χ0n) is 28.0. The Morgan fingerprint density at radius 2 is 1.28 bits per heavy atom. The van der Waals surface area contributed by atoms with E-state index in [0.717, 1.165) is 22.6 Å². The average molecular weight is 760 g/mol. The molecule has 0 spiro atoms. The van der Waals surface area contributed by atoms with E-state index >= 15 is 0 Å². The van der Waals surface area contributed by atoms with Gasteiger partial charge in [0.25, 0.3) is 0 Å². The number of benzene rings is 2. The van der Waals surface area contributed by atoms with Gasteiger partial charge in [-0.1, -0.05) is 32.1 Å². The first-order chi connectivity index (χ1) is 22.2. The molecule has 0 saturated carbocycles. The van der Waals surface area contributed by atoms with Crippen LogP contribution in [-0.4, -0.2) is 116 Å². The molecule has 0 aromatic heterocycles. The number of nitrogens with zero attached hydrogens (tertiary/aromatic N) is 2. The molecule has 12 nitrogen and oxygen atoms in total. The second kappa shape index (κ2) is 23.0. The molecule has 1 radical (unpaired) electrons. The monoisotopic (exact) mass is 762 g/mol. The van der Waals surface area contributed by atoms with Crippen LogP contribution in [0.25, 0.3) is 6.08 Å². The van der Waals surface area contributed by atoms with E-state index in [9.17, 15) is 0 Å². The van der Waals surface area contributed by atoms with Crippen molar-refractivity contribution in [1.82, 2.24) is 0 Å². The van der Waals surface area contributed by atoms with Gasteiger partial charge in [-0.05, 0) is 53.8 Å². The smallest absolute Gasteiger partial charge is 0.00974 e. The van der Waals surface area contributed by atoms with Gasteiger partial charge in [-0.25, -0.2) is 5.01 Å². The molecule has 0 amide bonds. The van der Waals surface area contributed by atoms with Crippen molar-refractivity contribution in [3.8, 4) is 17.2 Å². The van der Waals surface area contributed by atoms with Gasteiger partial charge in [-0.3, -0.25) is 0 Å². The molecule has 0 atom stereocenters. The van der Waals surface area contributed by atoms with Crippen LogP contribution in [0.4, 0.5) is 5.69 Å². The first-order valence-electron chi connectivity index (χ1n) is 15.2.